The molecular formula is C22H36N2O6S. The van der Waals surface area contributed by atoms with E-state index in [1.807, 2.05) is 6.92 Å². The Morgan fingerprint density at radius 1 is 1.19 bits per heavy atom. The van der Waals surface area contributed by atoms with Gasteiger partial charge in [-0.25, -0.2) is 8.42 Å². The summed E-state index contributed by atoms with van der Waals surface area (Å²) in [5, 5.41) is 23.2. The minimum atomic E-state index is -3.79. The number of nitrogens with one attached hydrogen (secondary N) is 2. The van der Waals surface area contributed by atoms with Crippen LogP contribution < -0.4 is 14.8 Å². The molecule has 1 aromatic rings. The van der Waals surface area contributed by atoms with Gasteiger partial charge in [-0.15, -0.1) is 0 Å². The maximum atomic E-state index is 12.1. The summed E-state index contributed by atoms with van der Waals surface area (Å²) in [5.74, 6) is -0.164. The largest absolute Gasteiger partial charge is 0.494 e. The third kappa shape index (κ3) is 9.14. The zero-order chi connectivity index (χ0) is 22.7. The van der Waals surface area contributed by atoms with Crippen LogP contribution in [0, 0.1) is 5.92 Å². The highest BCUT2D eigenvalue weighted by Crippen LogP contribution is 2.22. The topological polar surface area (TPSA) is 125 Å². The van der Waals surface area contributed by atoms with Gasteiger partial charge in [0.1, 0.15) is 17.9 Å². The van der Waals surface area contributed by atoms with Gasteiger partial charge in [0, 0.05) is 0 Å². The molecule has 8 nitrogen and oxygen atoms in total. The molecule has 4 N–H and O–H groups in total. The van der Waals surface area contributed by atoms with Crippen molar-refractivity contribution in [1.82, 2.24) is 10.0 Å². The van der Waals surface area contributed by atoms with Crippen LogP contribution in [0.25, 0.3) is 0 Å². The summed E-state index contributed by atoms with van der Waals surface area (Å²) in [7, 11) is -3.79. The molecule has 0 amide bonds. The van der Waals surface area contributed by atoms with Crippen molar-refractivity contribution in [1.29, 1.82) is 0 Å². The number of ether oxygens (including phenoxy) is 1. The van der Waals surface area contributed by atoms with Gasteiger partial charge in [-0.3, -0.25) is 4.79 Å². The van der Waals surface area contributed by atoms with E-state index in [-0.39, 0.29) is 5.75 Å². The summed E-state index contributed by atoms with van der Waals surface area (Å²) < 4.78 is 32.0. The first-order valence-electron chi connectivity index (χ1n) is 11.2. The molecule has 1 aliphatic heterocycles. The average molecular weight is 457 g/mol. The fourth-order valence-corrected chi connectivity index (χ4v) is 5.09. The number of sulfonamides is 1. The lowest BCUT2D eigenvalue weighted by molar-refractivity contribution is -0.141. The Kier molecular flexibility index (Phi) is 10.7. The molecule has 1 unspecified atom stereocenters. The minimum absolute atomic E-state index is 0.176. The zero-order valence-electron chi connectivity index (χ0n) is 18.3. The number of hydrogen-bond acceptors (Lipinski definition) is 6. The van der Waals surface area contributed by atoms with Crippen LogP contribution in [0.4, 0.5) is 0 Å². The van der Waals surface area contributed by atoms with Gasteiger partial charge in [-0.05, 0) is 68.8 Å². The van der Waals surface area contributed by atoms with E-state index in [1.165, 1.54) is 19.3 Å². The number of carbonyl (C=O) groups is 1. The van der Waals surface area contributed by atoms with Crippen LogP contribution >= 0.6 is 0 Å². The first kappa shape index (κ1) is 25.6. The molecule has 1 fully saturated rings. The Balaban J connectivity index is 1.82. The van der Waals surface area contributed by atoms with E-state index in [9.17, 15) is 23.4 Å². The Hall–Kier alpha value is -1.68. The van der Waals surface area contributed by atoms with E-state index in [1.54, 1.807) is 24.3 Å². The van der Waals surface area contributed by atoms with Crippen LogP contribution in [0.2, 0.25) is 0 Å². The van der Waals surface area contributed by atoms with Gasteiger partial charge in [0.15, 0.2) is 0 Å². The van der Waals surface area contributed by atoms with Crippen LogP contribution in [0.15, 0.2) is 24.3 Å². The first-order valence-corrected chi connectivity index (χ1v) is 12.8. The molecule has 1 saturated heterocycles. The van der Waals surface area contributed by atoms with Crippen LogP contribution in [0.5, 0.6) is 5.75 Å². The molecule has 31 heavy (non-hydrogen) atoms. The molecule has 0 bridgehead atoms. The summed E-state index contributed by atoms with van der Waals surface area (Å²) in [6.07, 6.45) is 5.39. The molecule has 0 radical (unpaired) electrons. The lowest BCUT2D eigenvalue weighted by Crippen LogP contribution is -2.45. The van der Waals surface area contributed by atoms with Gasteiger partial charge in [0.2, 0.25) is 10.0 Å². The van der Waals surface area contributed by atoms with Crippen molar-refractivity contribution >= 4 is 16.0 Å². The summed E-state index contributed by atoms with van der Waals surface area (Å²) >= 11 is 0. The van der Waals surface area contributed by atoms with Crippen LogP contribution in [0.1, 0.15) is 63.5 Å². The van der Waals surface area contributed by atoms with E-state index >= 15 is 0 Å². The van der Waals surface area contributed by atoms with Gasteiger partial charge >= 0.3 is 5.97 Å². The van der Waals surface area contributed by atoms with Crippen molar-refractivity contribution in [2.45, 2.75) is 64.0 Å². The Bertz CT molecular complexity index is 763. The number of hydrogen-bond donors (Lipinski definition) is 4. The maximum absolute atomic E-state index is 12.1. The van der Waals surface area contributed by atoms with E-state index < -0.39 is 28.1 Å². The van der Waals surface area contributed by atoms with Gasteiger partial charge in [-0.1, -0.05) is 31.9 Å². The van der Waals surface area contributed by atoms with E-state index in [0.29, 0.717) is 30.8 Å². The number of aliphatic carboxylic acids is 1. The van der Waals surface area contributed by atoms with Gasteiger partial charge in [-0.2, -0.15) is 4.72 Å². The van der Waals surface area contributed by atoms with Crippen molar-refractivity contribution in [3.63, 3.8) is 0 Å². The van der Waals surface area contributed by atoms with Gasteiger partial charge in [0.05, 0.1) is 12.4 Å². The lowest BCUT2D eigenvalue weighted by Gasteiger charge is -2.22. The fourth-order valence-electron chi connectivity index (χ4n) is 3.69. The summed E-state index contributed by atoms with van der Waals surface area (Å²) in [6.45, 7) is 4.67. The first-order chi connectivity index (χ1) is 14.8. The molecule has 176 valence electrons. The van der Waals surface area contributed by atoms with Crippen LogP contribution in [-0.4, -0.2) is 56.1 Å². The second-order valence-electron chi connectivity index (χ2n) is 8.16. The molecule has 1 aliphatic rings. The zero-order valence-corrected chi connectivity index (χ0v) is 19.1. The van der Waals surface area contributed by atoms with Crippen molar-refractivity contribution in [3.8, 4) is 5.75 Å². The number of benzene rings is 1. The number of aliphatic hydroxyl groups is 1. The number of carboxylic acids is 1. The highest BCUT2D eigenvalue weighted by Gasteiger charge is 2.31. The second kappa shape index (κ2) is 13.0. The summed E-state index contributed by atoms with van der Waals surface area (Å²) in [6, 6.07) is 4.80. The van der Waals surface area contributed by atoms with Crippen molar-refractivity contribution in [3.05, 3.63) is 29.8 Å². The molecule has 2 rings (SSSR count). The predicted molar refractivity (Wildman–Crippen MR) is 120 cm³/mol. The molecule has 2 atom stereocenters. The fraction of sp³-hybridized carbons (Fsp3) is 0.682. The third-order valence-electron chi connectivity index (χ3n) is 5.61. The van der Waals surface area contributed by atoms with Crippen molar-refractivity contribution in [2.24, 2.45) is 5.92 Å². The maximum Gasteiger partial charge on any atom is 0.324 e. The van der Waals surface area contributed by atoms with Gasteiger partial charge < -0.3 is 20.3 Å². The second-order valence-corrected chi connectivity index (χ2v) is 10.0. The van der Waals surface area contributed by atoms with Crippen molar-refractivity contribution in [2.75, 3.05) is 25.4 Å². The SMILES string of the molecule is CCCCS(=O)(=O)N[C@H](C(=O)O)C(O)c1ccc(OCCCCC2CCNCC2)cc1. The molecule has 1 heterocycles. The number of aliphatic hydroxyl groups excluding tert-OH is 1. The molecule has 0 spiro atoms. The van der Waals surface area contributed by atoms with E-state index in [4.69, 9.17) is 4.74 Å². The average Bonchev–Trinajstić information content (AvgIpc) is 2.76. The van der Waals surface area contributed by atoms with Crippen LogP contribution in [-0.2, 0) is 14.8 Å². The number of carboxylic acid groups (broad SMARTS) is 1. The summed E-state index contributed by atoms with van der Waals surface area (Å²) in [5.41, 5.74) is 0.309. The molecule has 0 aromatic heterocycles. The molecule has 9 heteroatoms. The molecule has 0 saturated carbocycles. The van der Waals surface area contributed by atoms with Gasteiger partial charge in [0.25, 0.3) is 0 Å². The minimum Gasteiger partial charge on any atom is -0.494 e. The molecular weight excluding hydrogens is 420 g/mol. The lowest BCUT2D eigenvalue weighted by atomic mass is 9.93. The smallest absolute Gasteiger partial charge is 0.324 e. The Morgan fingerprint density at radius 2 is 1.87 bits per heavy atom. The Morgan fingerprint density at radius 3 is 2.48 bits per heavy atom. The van der Waals surface area contributed by atoms with Crippen molar-refractivity contribution < 1.29 is 28.2 Å². The monoisotopic (exact) mass is 456 g/mol. The number of piperidine rings is 1. The number of rotatable bonds is 14. The third-order valence-corrected chi connectivity index (χ3v) is 7.05. The highest BCUT2D eigenvalue weighted by molar-refractivity contribution is 7.89. The number of unbranched alkanes of at least 4 members (excludes halogenated alkanes) is 2. The summed E-state index contributed by atoms with van der Waals surface area (Å²) in [4.78, 5) is 11.5. The normalized spacial score (nSPS) is 17.2. The highest BCUT2D eigenvalue weighted by atomic mass is 32.2. The van der Waals surface area contributed by atoms with E-state index in [0.717, 1.165) is 31.8 Å². The quantitative estimate of drug-likeness (QED) is 0.317. The molecule has 0 aliphatic carbocycles. The van der Waals surface area contributed by atoms with E-state index in [2.05, 4.69) is 10.0 Å². The predicted octanol–water partition coefficient (Wildman–Crippen LogP) is 2.44. The standard InChI is InChI=1S/C22H36N2O6S/c1-2-3-16-31(28,29)24-20(22(26)27)21(25)18-7-9-19(10-8-18)30-15-5-4-6-17-11-13-23-14-12-17/h7-10,17,20-21,23-25H,2-6,11-16H2,1H3,(H,26,27)/t20-,21?/m0/s1. The molecule has 1 aromatic carbocycles. The Labute approximate surface area is 185 Å². The van der Waals surface area contributed by atoms with Crippen LogP contribution in [0.3, 0.4) is 0 Å².